The molecular weight excluding hydrogens is 430 g/mol. The maximum atomic E-state index is 13.6. The molecule has 2 N–H and O–H groups in total. The van der Waals surface area contributed by atoms with Crippen molar-refractivity contribution in [3.05, 3.63) is 41.0 Å². The first kappa shape index (κ1) is 22.9. The fraction of sp³-hybridized carbons (Fsp3) is 0.565. The number of benzene rings is 1. The Balaban J connectivity index is 1.60. The summed E-state index contributed by atoms with van der Waals surface area (Å²) in [5.74, 6) is -2.00. The predicted octanol–water partition coefficient (Wildman–Crippen LogP) is 1.85. The minimum absolute atomic E-state index is 0.245. The van der Waals surface area contributed by atoms with Crippen LogP contribution in [0.5, 0.6) is 0 Å². The van der Waals surface area contributed by atoms with Crippen LogP contribution in [-0.4, -0.2) is 66.6 Å². The van der Waals surface area contributed by atoms with Gasteiger partial charge in [0.15, 0.2) is 0 Å². The maximum absolute atomic E-state index is 13.6. The van der Waals surface area contributed by atoms with E-state index in [0.717, 1.165) is 30.2 Å². The van der Waals surface area contributed by atoms with Crippen LogP contribution in [0.3, 0.4) is 0 Å². The summed E-state index contributed by atoms with van der Waals surface area (Å²) in [6.07, 6.45) is 5.78. The highest BCUT2D eigenvalue weighted by molar-refractivity contribution is 7.88. The van der Waals surface area contributed by atoms with Crippen LogP contribution in [0.1, 0.15) is 42.4 Å². The van der Waals surface area contributed by atoms with E-state index in [-0.39, 0.29) is 17.9 Å². The molecule has 2 atom stereocenters. The van der Waals surface area contributed by atoms with Crippen LogP contribution < -0.4 is 5.48 Å². The quantitative estimate of drug-likeness (QED) is 0.526. The van der Waals surface area contributed by atoms with E-state index in [1.54, 1.807) is 10.4 Å². The first-order chi connectivity index (χ1) is 15.0. The Morgan fingerprint density at radius 2 is 1.81 bits per heavy atom. The Morgan fingerprint density at radius 3 is 2.31 bits per heavy atom. The molecule has 1 aliphatic carbocycles. The molecule has 2 fully saturated rings. The summed E-state index contributed by atoms with van der Waals surface area (Å²) in [7, 11) is -3.72. The van der Waals surface area contributed by atoms with E-state index in [4.69, 9.17) is 0 Å². The van der Waals surface area contributed by atoms with Gasteiger partial charge in [0.1, 0.15) is 6.04 Å². The molecule has 2 amide bonds. The number of amides is 2. The summed E-state index contributed by atoms with van der Waals surface area (Å²) in [6, 6.07) is 5.23. The molecule has 1 aromatic carbocycles. The summed E-state index contributed by atoms with van der Waals surface area (Å²) < 4.78 is 26.4. The fourth-order valence-electron chi connectivity index (χ4n) is 5.23. The van der Waals surface area contributed by atoms with Crippen LogP contribution in [-0.2, 0) is 19.6 Å². The van der Waals surface area contributed by atoms with Crippen molar-refractivity contribution in [3.8, 4) is 0 Å². The zero-order chi connectivity index (χ0) is 23.3. The average molecular weight is 462 g/mol. The molecule has 2 aliphatic heterocycles. The van der Waals surface area contributed by atoms with Gasteiger partial charge in [0, 0.05) is 19.6 Å². The number of hydrogen-bond donors (Lipinski definition) is 2. The van der Waals surface area contributed by atoms with Gasteiger partial charge in [0.05, 0.1) is 12.2 Å². The van der Waals surface area contributed by atoms with E-state index < -0.39 is 27.9 Å². The monoisotopic (exact) mass is 461 g/mol. The first-order valence-electron chi connectivity index (χ1n) is 11.0. The Kier molecular flexibility index (Phi) is 5.94. The summed E-state index contributed by atoms with van der Waals surface area (Å²) in [5, 5.41) is 9.28. The SMILES string of the molecule is Cc1cc(C)cc(C2=CCN(C(=O)C3C(C(=O)NO)CC4(CC4)CN3S(C)(=O)=O)CC2)c1. The van der Waals surface area contributed by atoms with E-state index in [1.165, 1.54) is 15.4 Å². The van der Waals surface area contributed by atoms with E-state index in [9.17, 15) is 23.2 Å². The van der Waals surface area contributed by atoms with Crippen molar-refractivity contribution < 1.29 is 23.2 Å². The van der Waals surface area contributed by atoms with Crippen molar-refractivity contribution in [3.63, 3.8) is 0 Å². The lowest BCUT2D eigenvalue weighted by molar-refractivity contribution is -0.148. The number of sulfonamides is 1. The topological polar surface area (TPSA) is 107 Å². The van der Waals surface area contributed by atoms with E-state index in [1.807, 2.05) is 6.08 Å². The van der Waals surface area contributed by atoms with Crippen molar-refractivity contribution in [1.82, 2.24) is 14.7 Å². The summed E-state index contributed by atoms with van der Waals surface area (Å²) in [5.41, 5.74) is 6.04. The Hall–Kier alpha value is -2.23. The molecule has 32 heavy (non-hydrogen) atoms. The molecular formula is C23H31N3O5S. The molecule has 1 aromatic rings. The van der Waals surface area contributed by atoms with Gasteiger partial charge in [0.25, 0.3) is 0 Å². The second kappa shape index (κ2) is 8.28. The number of carbonyl (C=O) groups is 2. The Labute approximate surface area is 189 Å². The van der Waals surface area contributed by atoms with Gasteiger partial charge in [-0.1, -0.05) is 35.4 Å². The summed E-state index contributed by atoms with van der Waals surface area (Å²) >= 11 is 0. The zero-order valence-electron chi connectivity index (χ0n) is 18.8. The van der Waals surface area contributed by atoms with Crippen LogP contribution >= 0.6 is 0 Å². The second-order valence-electron chi connectivity index (χ2n) is 9.68. The highest BCUT2D eigenvalue weighted by Crippen LogP contribution is 2.55. The minimum atomic E-state index is -3.72. The number of aryl methyl sites for hydroxylation is 2. The molecule has 1 saturated heterocycles. The van der Waals surface area contributed by atoms with Crippen LogP contribution in [0.15, 0.2) is 24.3 Å². The summed E-state index contributed by atoms with van der Waals surface area (Å²) in [6.45, 7) is 5.16. The van der Waals surface area contributed by atoms with E-state index in [0.29, 0.717) is 25.9 Å². The highest BCUT2D eigenvalue weighted by atomic mass is 32.2. The largest absolute Gasteiger partial charge is 0.337 e. The van der Waals surface area contributed by atoms with Gasteiger partial charge in [-0.15, -0.1) is 0 Å². The van der Waals surface area contributed by atoms with E-state index in [2.05, 4.69) is 32.0 Å². The number of carbonyl (C=O) groups excluding carboxylic acids is 2. The second-order valence-corrected chi connectivity index (χ2v) is 11.6. The number of hydroxylamine groups is 1. The fourth-order valence-corrected chi connectivity index (χ4v) is 6.39. The molecule has 174 valence electrons. The summed E-state index contributed by atoms with van der Waals surface area (Å²) in [4.78, 5) is 27.7. The Morgan fingerprint density at radius 1 is 1.16 bits per heavy atom. The molecule has 4 rings (SSSR count). The van der Waals surface area contributed by atoms with Gasteiger partial charge in [0.2, 0.25) is 21.8 Å². The van der Waals surface area contributed by atoms with E-state index >= 15 is 0 Å². The van der Waals surface area contributed by atoms with Crippen molar-refractivity contribution in [2.45, 2.75) is 45.6 Å². The van der Waals surface area contributed by atoms with Gasteiger partial charge in [-0.05, 0) is 56.1 Å². The van der Waals surface area contributed by atoms with Gasteiger partial charge in [-0.25, -0.2) is 13.9 Å². The van der Waals surface area contributed by atoms with Gasteiger partial charge < -0.3 is 4.90 Å². The number of piperidine rings is 1. The molecule has 0 aromatic heterocycles. The lowest BCUT2D eigenvalue weighted by Crippen LogP contribution is -2.61. The van der Waals surface area contributed by atoms with Gasteiger partial charge in [-0.2, -0.15) is 4.31 Å². The minimum Gasteiger partial charge on any atom is -0.337 e. The van der Waals surface area contributed by atoms with Gasteiger partial charge in [-0.3, -0.25) is 14.8 Å². The number of nitrogens with zero attached hydrogens (tertiary/aromatic N) is 2. The highest BCUT2D eigenvalue weighted by Gasteiger charge is 2.58. The number of rotatable bonds is 4. The zero-order valence-corrected chi connectivity index (χ0v) is 19.6. The third-order valence-electron chi connectivity index (χ3n) is 7.03. The lowest BCUT2D eigenvalue weighted by atomic mass is 9.81. The molecule has 2 unspecified atom stereocenters. The van der Waals surface area contributed by atoms with Crippen LogP contribution in [0.4, 0.5) is 0 Å². The number of nitrogens with one attached hydrogen (secondary N) is 1. The molecule has 1 saturated carbocycles. The third-order valence-corrected chi connectivity index (χ3v) is 8.24. The Bertz CT molecular complexity index is 1060. The molecule has 8 nitrogen and oxygen atoms in total. The smallest absolute Gasteiger partial charge is 0.248 e. The predicted molar refractivity (Wildman–Crippen MR) is 120 cm³/mol. The van der Waals surface area contributed by atoms with Crippen molar-refractivity contribution in [2.75, 3.05) is 25.9 Å². The van der Waals surface area contributed by atoms with Crippen LogP contribution in [0.25, 0.3) is 5.57 Å². The molecule has 0 radical (unpaired) electrons. The van der Waals surface area contributed by atoms with Gasteiger partial charge >= 0.3 is 0 Å². The van der Waals surface area contributed by atoms with Crippen molar-refractivity contribution in [2.24, 2.45) is 11.3 Å². The van der Waals surface area contributed by atoms with Crippen molar-refractivity contribution >= 4 is 27.4 Å². The molecule has 1 spiro atoms. The lowest BCUT2D eigenvalue weighted by Gasteiger charge is -2.44. The number of hydrogen-bond acceptors (Lipinski definition) is 5. The first-order valence-corrected chi connectivity index (χ1v) is 12.9. The molecule has 9 heteroatoms. The third kappa shape index (κ3) is 4.46. The molecule has 0 bridgehead atoms. The normalized spacial score (nSPS) is 25.4. The maximum Gasteiger partial charge on any atom is 0.248 e. The van der Waals surface area contributed by atoms with Crippen LogP contribution in [0, 0.1) is 25.2 Å². The molecule has 3 aliphatic rings. The molecule has 2 heterocycles. The van der Waals surface area contributed by atoms with Crippen LogP contribution in [0.2, 0.25) is 0 Å². The average Bonchev–Trinajstić information content (AvgIpc) is 3.49. The standard InChI is InChI=1S/C23H31N3O5S/c1-15-10-16(2)12-18(11-15)17-4-8-25(9-5-17)22(28)20-19(21(27)24-29)13-23(6-7-23)14-26(20)32(3,30)31/h4,10-12,19-20,29H,5-9,13-14H2,1-3H3,(H,24,27). The van der Waals surface area contributed by atoms with Crippen molar-refractivity contribution in [1.29, 1.82) is 0 Å².